The molecule has 18 heavy (non-hydrogen) atoms. The van der Waals surface area contributed by atoms with Crippen LogP contribution < -0.4 is 5.32 Å². The van der Waals surface area contributed by atoms with E-state index in [1.807, 2.05) is 36.4 Å². The van der Waals surface area contributed by atoms with Crippen LogP contribution in [0.15, 0.2) is 36.4 Å². The minimum absolute atomic E-state index is 0.0157. The van der Waals surface area contributed by atoms with Gasteiger partial charge in [0.25, 0.3) is 0 Å². The van der Waals surface area contributed by atoms with Gasteiger partial charge in [0.15, 0.2) is 0 Å². The van der Waals surface area contributed by atoms with Gasteiger partial charge < -0.3 is 10.2 Å². The van der Waals surface area contributed by atoms with Crippen LogP contribution in [0.3, 0.4) is 0 Å². The van der Waals surface area contributed by atoms with Gasteiger partial charge in [0.05, 0.1) is 0 Å². The Kier molecular flexibility index (Phi) is 4.97. The Balaban J connectivity index is 1.67. The molecule has 0 unspecified atom stereocenters. The number of carbonyl (C=O) groups excluding carboxylic acids is 1. The molecule has 1 saturated heterocycles. The highest BCUT2D eigenvalue weighted by molar-refractivity contribution is 5.91. The molecule has 3 heteroatoms. The molecule has 1 aromatic rings. The van der Waals surface area contributed by atoms with Gasteiger partial charge in [-0.05, 0) is 37.6 Å². The third-order valence-corrected chi connectivity index (χ3v) is 3.15. The van der Waals surface area contributed by atoms with Crippen molar-refractivity contribution in [1.29, 1.82) is 0 Å². The second-order valence-corrected chi connectivity index (χ2v) is 4.58. The number of likely N-dealkylation sites (tertiary alicyclic amines) is 1. The lowest BCUT2D eigenvalue weighted by Gasteiger charge is -2.13. The standard InChI is InChI=1S/C15H20N2O/c18-15(9-8-14-6-2-1-3-7-14)16-10-13-17-11-4-5-12-17/h1-3,6-9H,4-5,10-13H2,(H,16,18)/b9-8+. The molecule has 1 aliphatic heterocycles. The van der Waals surface area contributed by atoms with Crippen LogP contribution in [0.1, 0.15) is 18.4 Å². The Hall–Kier alpha value is -1.61. The Morgan fingerprint density at radius 3 is 2.67 bits per heavy atom. The van der Waals surface area contributed by atoms with Gasteiger partial charge in [-0.15, -0.1) is 0 Å². The first-order chi connectivity index (χ1) is 8.84. The average molecular weight is 244 g/mol. The molecule has 1 aliphatic rings. The molecule has 0 atom stereocenters. The van der Waals surface area contributed by atoms with Crippen molar-refractivity contribution in [1.82, 2.24) is 10.2 Å². The van der Waals surface area contributed by atoms with Gasteiger partial charge in [-0.3, -0.25) is 4.79 Å². The molecule has 0 saturated carbocycles. The quantitative estimate of drug-likeness (QED) is 0.802. The topological polar surface area (TPSA) is 32.3 Å². The van der Waals surface area contributed by atoms with Gasteiger partial charge >= 0.3 is 0 Å². The van der Waals surface area contributed by atoms with E-state index in [-0.39, 0.29) is 5.91 Å². The molecular weight excluding hydrogens is 224 g/mol. The maximum atomic E-state index is 11.6. The molecule has 1 N–H and O–H groups in total. The monoisotopic (exact) mass is 244 g/mol. The Morgan fingerprint density at radius 2 is 1.94 bits per heavy atom. The smallest absolute Gasteiger partial charge is 0.244 e. The van der Waals surface area contributed by atoms with Gasteiger partial charge in [0.1, 0.15) is 0 Å². The van der Waals surface area contributed by atoms with E-state index in [1.54, 1.807) is 6.08 Å². The summed E-state index contributed by atoms with van der Waals surface area (Å²) < 4.78 is 0. The normalized spacial score (nSPS) is 16.2. The Morgan fingerprint density at radius 1 is 1.22 bits per heavy atom. The summed E-state index contributed by atoms with van der Waals surface area (Å²) in [5.74, 6) is -0.0157. The van der Waals surface area contributed by atoms with Crippen LogP contribution in [0.4, 0.5) is 0 Å². The molecule has 0 aromatic heterocycles. The summed E-state index contributed by atoms with van der Waals surface area (Å²) >= 11 is 0. The Bertz CT molecular complexity index is 394. The number of hydrogen-bond donors (Lipinski definition) is 1. The van der Waals surface area contributed by atoms with E-state index >= 15 is 0 Å². The number of amides is 1. The van der Waals surface area contributed by atoms with Crippen LogP contribution >= 0.6 is 0 Å². The van der Waals surface area contributed by atoms with Gasteiger partial charge in [0, 0.05) is 19.2 Å². The molecule has 0 bridgehead atoms. The van der Waals surface area contributed by atoms with E-state index < -0.39 is 0 Å². The number of nitrogens with one attached hydrogen (secondary N) is 1. The summed E-state index contributed by atoms with van der Waals surface area (Å²) in [4.78, 5) is 14.0. The van der Waals surface area contributed by atoms with Crippen molar-refractivity contribution in [3.05, 3.63) is 42.0 Å². The molecule has 0 aliphatic carbocycles. The zero-order valence-corrected chi connectivity index (χ0v) is 10.6. The van der Waals surface area contributed by atoms with E-state index in [2.05, 4.69) is 10.2 Å². The SMILES string of the molecule is O=C(/C=C/c1ccccc1)NCCN1CCCC1. The van der Waals surface area contributed by atoms with Gasteiger partial charge in [-0.2, -0.15) is 0 Å². The molecule has 96 valence electrons. The van der Waals surface area contributed by atoms with Crippen molar-refractivity contribution < 1.29 is 4.79 Å². The van der Waals surface area contributed by atoms with Crippen molar-refractivity contribution in [2.75, 3.05) is 26.2 Å². The van der Waals surface area contributed by atoms with E-state index in [0.29, 0.717) is 0 Å². The summed E-state index contributed by atoms with van der Waals surface area (Å²) in [5, 5.41) is 2.91. The largest absolute Gasteiger partial charge is 0.351 e. The third kappa shape index (κ3) is 4.34. The van der Waals surface area contributed by atoms with E-state index in [1.165, 1.54) is 25.9 Å². The maximum Gasteiger partial charge on any atom is 0.244 e. The van der Waals surface area contributed by atoms with Crippen LogP contribution in [-0.2, 0) is 4.79 Å². The number of nitrogens with zero attached hydrogens (tertiary/aromatic N) is 1. The van der Waals surface area contributed by atoms with Crippen molar-refractivity contribution >= 4 is 12.0 Å². The predicted octanol–water partition coefficient (Wildman–Crippen LogP) is 1.91. The number of rotatable bonds is 5. The van der Waals surface area contributed by atoms with Crippen LogP contribution in [0.25, 0.3) is 6.08 Å². The summed E-state index contributed by atoms with van der Waals surface area (Å²) in [6.07, 6.45) is 6.02. The second-order valence-electron chi connectivity index (χ2n) is 4.58. The highest BCUT2D eigenvalue weighted by Crippen LogP contribution is 2.05. The third-order valence-electron chi connectivity index (χ3n) is 3.15. The van der Waals surface area contributed by atoms with Gasteiger partial charge in [-0.1, -0.05) is 30.3 Å². The number of benzene rings is 1. The molecule has 3 nitrogen and oxygen atoms in total. The number of carbonyl (C=O) groups is 1. The van der Waals surface area contributed by atoms with Crippen molar-refractivity contribution in [2.24, 2.45) is 0 Å². The van der Waals surface area contributed by atoms with E-state index in [4.69, 9.17) is 0 Å². The molecule has 2 rings (SSSR count). The lowest BCUT2D eigenvalue weighted by Crippen LogP contribution is -2.32. The molecule has 0 radical (unpaired) electrons. The van der Waals surface area contributed by atoms with Gasteiger partial charge in [0.2, 0.25) is 5.91 Å². The molecule has 0 spiro atoms. The lowest BCUT2D eigenvalue weighted by molar-refractivity contribution is -0.116. The van der Waals surface area contributed by atoms with Crippen LogP contribution in [-0.4, -0.2) is 37.0 Å². The first-order valence-electron chi connectivity index (χ1n) is 6.58. The molecular formula is C15H20N2O. The highest BCUT2D eigenvalue weighted by Gasteiger charge is 2.10. The summed E-state index contributed by atoms with van der Waals surface area (Å²) in [6.45, 7) is 4.05. The minimum atomic E-state index is -0.0157. The maximum absolute atomic E-state index is 11.6. The fraction of sp³-hybridized carbons (Fsp3) is 0.400. The van der Waals surface area contributed by atoms with Gasteiger partial charge in [-0.25, -0.2) is 0 Å². The van der Waals surface area contributed by atoms with Crippen LogP contribution in [0, 0.1) is 0 Å². The van der Waals surface area contributed by atoms with E-state index in [9.17, 15) is 4.79 Å². The Labute approximate surface area is 108 Å². The second kappa shape index (κ2) is 6.97. The fourth-order valence-electron chi connectivity index (χ4n) is 2.14. The summed E-state index contributed by atoms with van der Waals surface area (Å²) in [7, 11) is 0. The minimum Gasteiger partial charge on any atom is -0.351 e. The first-order valence-corrected chi connectivity index (χ1v) is 6.58. The zero-order chi connectivity index (χ0) is 12.6. The molecule has 1 amide bonds. The first kappa shape index (κ1) is 12.8. The lowest BCUT2D eigenvalue weighted by atomic mass is 10.2. The van der Waals surface area contributed by atoms with Crippen LogP contribution in [0.5, 0.6) is 0 Å². The van der Waals surface area contributed by atoms with Crippen molar-refractivity contribution in [3.63, 3.8) is 0 Å². The zero-order valence-electron chi connectivity index (χ0n) is 10.6. The average Bonchev–Trinajstić information content (AvgIpc) is 2.91. The highest BCUT2D eigenvalue weighted by atomic mass is 16.1. The number of hydrogen-bond acceptors (Lipinski definition) is 2. The molecule has 1 aromatic carbocycles. The molecule has 1 fully saturated rings. The molecule has 1 heterocycles. The fourth-order valence-corrected chi connectivity index (χ4v) is 2.14. The summed E-state index contributed by atoms with van der Waals surface area (Å²) in [6, 6.07) is 9.85. The van der Waals surface area contributed by atoms with Crippen LogP contribution in [0.2, 0.25) is 0 Å². The summed E-state index contributed by atoms with van der Waals surface area (Å²) in [5.41, 5.74) is 1.05. The van der Waals surface area contributed by atoms with E-state index in [0.717, 1.165) is 18.7 Å². The van der Waals surface area contributed by atoms with Crippen molar-refractivity contribution in [2.45, 2.75) is 12.8 Å². The van der Waals surface area contributed by atoms with Crippen molar-refractivity contribution in [3.8, 4) is 0 Å². The predicted molar refractivity (Wildman–Crippen MR) is 74.2 cm³/mol.